The molecule has 124 valence electrons. The Morgan fingerprint density at radius 1 is 1.23 bits per heavy atom. The second kappa shape index (κ2) is 8.75. The van der Waals surface area contributed by atoms with Gasteiger partial charge in [-0.25, -0.2) is 13.2 Å². The Morgan fingerprint density at radius 2 is 1.86 bits per heavy atom. The Balaban J connectivity index is 2.28. The van der Waals surface area contributed by atoms with Gasteiger partial charge in [0.1, 0.15) is 0 Å². The molecule has 0 saturated heterocycles. The van der Waals surface area contributed by atoms with E-state index in [1.807, 2.05) is 0 Å². The summed E-state index contributed by atoms with van der Waals surface area (Å²) in [7, 11) is -3.22. The van der Waals surface area contributed by atoms with Crippen molar-refractivity contribution in [3.63, 3.8) is 0 Å². The van der Waals surface area contributed by atoms with Gasteiger partial charge in [0, 0.05) is 31.7 Å². The Morgan fingerprint density at radius 3 is 2.41 bits per heavy atom. The van der Waals surface area contributed by atoms with E-state index in [1.54, 1.807) is 12.1 Å². The van der Waals surface area contributed by atoms with Crippen LogP contribution in [-0.2, 0) is 14.6 Å². The first-order chi connectivity index (χ1) is 10.3. The van der Waals surface area contributed by atoms with E-state index in [0.717, 1.165) is 19.3 Å². The Labute approximate surface area is 132 Å². The number of urea groups is 1. The van der Waals surface area contributed by atoms with Gasteiger partial charge in [0.2, 0.25) is 0 Å². The molecule has 0 spiro atoms. The molecule has 1 rings (SSSR count). The molecule has 0 radical (unpaired) electrons. The Hall–Kier alpha value is -1.60. The van der Waals surface area contributed by atoms with Crippen molar-refractivity contribution in [3.05, 3.63) is 24.3 Å². The lowest BCUT2D eigenvalue weighted by Gasteiger charge is -2.09. The number of anilines is 1. The molecule has 0 atom stereocenters. The number of sulfone groups is 1. The molecule has 7 heteroatoms. The largest absolute Gasteiger partial charge is 0.381 e. The zero-order valence-corrected chi connectivity index (χ0v) is 14.1. The Bertz CT molecular complexity index is 568. The van der Waals surface area contributed by atoms with Gasteiger partial charge < -0.3 is 15.4 Å². The second-order valence-electron chi connectivity index (χ2n) is 5.50. The van der Waals surface area contributed by atoms with Crippen LogP contribution in [0.2, 0.25) is 0 Å². The van der Waals surface area contributed by atoms with Crippen LogP contribution in [-0.4, -0.2) is 40.5 Å². The predicted octanol–water partition coefficient (Wildman–Crippen LogP) is 2.27. The number of nitrogens with one attached hydrogen (secondary N) is 2. The highest BCUT2D eigenvalue weighted by Crippen LogP contribution is 2.13. The maximum atomic E-state index is 11.7. The van der Waals surface area contributed by atoms with E-state index in [-0.39, 0.29) is 10.9 Å². The van der Waals surface area contributed by atoms with Gasteiger partial charge in [-0.3, -0.25) is 0 Å². The van der Waals surface area contributed by atoms with Crippen LogP contribution in [0.4, 0.5) is 10.5 Å². The smallest absolute Gasteiger partial charge is 0.319 e. The molecule has 2 amide bonds. The van der Waals surface area contributed by atoms with Gasteiger partial charge in [0.15, 0.2) is 9.84 Å². The van der Waals surface area contributed by atoms with Crippen LogP contribution in [0.1, 0.15) is 20.3 Å². The SMILES string of the molecule is CC(C)COCCCNC(=O)Nc1ccc(S(C)(=O)=O)cc1. The van der Waals surface area contributed by atoms with Crippen molar-refractivity contribution in [2.45, 2.75) is 25.2 Å². The molecular weight excluding hydrogens is 304 g/mol. The van der Waals surface area contributed by atoms with Crippen molar-refractivity contribution in [1.29, 1.82) is 0 Å². The minimum Gasteiger partial charge on any atom is -0.381 e. The number of rotatable bonds is 8. The molecule has 0 heterocycles. The summed E-state index contributed by atoms with van der Waals surface area (Å²) in [5, 5.41) is 5.36. The van der Waals surface area contributed by atoms with E-state index in [0.29, 0.717) is 24.8 Å². The zero-order valence-electron chi connectivity index (χ0n) is 13.3. The highest BCUT2D eigenvalue weighted by Gasteiger charge is 2.07. The molecule has 2 N–H and O–H groups in total. The molecule has 0 fully saturated rings. The number of hydrogen-bond donors (Lipinski definition) is 2. The van der Waals surface area contributed by atoms with Gasteiger partial charge in [-0.05, 0) is 36.6 Å². The molecule has 0 aromatic heterocycles. The Kier molecular flexibility index (Phi) is 7.34. The van der Waals surface area contributed by atoms with Gasteiger partial charge in [-0.1, -0.05) is 13.8 Å². The quantitative estimate of drug-likeness (QED) is 0.717. The predicted molar refractivity (Wildman–Crippen MR) is 86.8 cm³/mol. The highest BCUT2D eigenvalue weighted by atomic mass is 32.2. The number of benzene rings is 1. The molecule has 0 aliphatic carbocycles. The summed E-state index contributed by atoms with van der Waals surface area (Å²) in [5.41, 5.74) is 0.543. The third-order valence-electron chi connectivity index (χ3n) is 2.74. The maximum absolute atomic E-state index is 11.7. The fourth-order valence-electron chi connectivity index (χ4n) is 1.66. The van der Waals surface area contributed by atoms with E-state index >= 15 is 0 Å². The monoisotopic (exact) mass is 328 g/mol. The lowest BCUT2D eigenvalue weighted by atomic mass is 10.2. The first-order valence-corrected chi connectivity index (χ1v) is 9.11. The summed E-state index contributed by atoms with van der Waals surface area (Å²) in [6.45, 7) is 6.02. The van der Waals surface area contributed by atoms with Gasteiger partial charge in [-0.15, -0.1) is 0 Å². The highest BCUT2D eigenvalue weighted by molar-refractivity contribution is 7.90. The lowest BCUT2D eigenvalue weighted by molar-refractivity contribution is 0.108. The average molecular weight is 328 g/mol. The lowest BCUT2D eigenvalue weighted by Crippen LogP contribution is -2.30. The summed E-state index contributed by atoms with van der Waals surface area (Å²) >= 11 is 0. The van der Waals surface area contributed by atoms with Gasteiger partial charge in [0.25, 0.3) is 0 Å². The van der Waals surface area contributed by atoms with E-state index < -0.39 is 9.84 Å². The van der Waals surface area contributed by atoms with E-state index in [2.05, 4.69) is 24.5 Å². The molecular formula is C15H24N2O4S. The second-order valence-corrected chi connectivity index (χ2v) is 7.52. The summed E-state index contributed by atoms with van der Waals surface area (Å²) < 4.78 is 28.1. The fraction of sp³-hybridized carbons (Fsp3) is 0.533. The number of amides is 2. The third-order valence-corrected chi connectivity index (χ3v) is 3.87. The molecule has 0 bridgehead atoms. The van der Waals surface area contributed by atoms with E-state index in [1.165, 1.54) is 12.1 Å². The minimum atomic E-state index is -3.22. The molecule has 1 aromatic carbocycles. The normalized spacial score (nSPS) is 11.5. The topological polar surface area (TPSA) is 84.5 Å². The van der Waals surface area contributed by atoms with Gasteiger partial charge >= 0.3 is 6.03 Å². The minimum absolute atomic E-state index is 0.223. The molecule has 6 nitrogen and oxygen atoms in total. The van der Waals surface area contributed by atoms with Crippen LogP contribution in [0.3, 0.4) is 0 Å². The first kappa shape index (κ1) is 18.4. The molecule has 1 aromatic rings. The van der Waals surface area contributed by atoms with Gasteiger partial charge in [-0.2, -0.15) is 0 Å². The van der Waals surface area contributed by atoms with Crippen molar-refractivity contribution in [2.24, 2.45) is 5.92 Å². The molecule has 0 unspecified atom stereocenters. The summed E-state index contributed by atoms with van der Waals surface area (Å²) in [4.78, 5) is 11.9. The molecule has 22 heavy (non-hydrogen) atoms. The number of hydrogen-bond acceptors (Lipinski definition) is 4. The fourth-order valence-corrected chi connectivity index (χ4v) is 2.29. The summed E-state index contributed by atoms with van der Waals surface area (Å²) in [6.07, 6.45) is 1.89. The van der Waals surface area contributed by atoms with E-state index in [9.17, 15) is 13.2 Å². The number of ether oxygens (including phenoxy) is 1. The van der Waals surface area contributed by atoms with Crippen LogP contribution in [0.25, 0.3) is 0 Å². The zero-order chi connectivity index (χ0) is 16.6. The van der Waals surface area contributed by atoms with E-state index in [4.69, 9.17) is 4.74 Å². The van der Waals surface area contributed by atoms with Crippen molar-refractivity contribution in [1.82, 2.24) is 5.32 Å². The van der Waals surface area contributed by atoms with Crippen LogP contribution in [0.15, 0.2) is 29.2 Å². The summed E-state index contributed by atoms with van der Waals surface area (Å²) in [6, 6.07) is 5.72. The number of carbonyl (C=O) groups is 1. The van der Waals surface area contributed by atoms with Crippen LogP contribution < -0.4 is 10.6 Å². The molecule has 0 saturated carbocycles. The third kappa shape index (κ3) is 7.42. The van der Waals surface area contributed by atoms with Gasteiger partial charge in [0.05, 0.1) is 4.90 Å². The number of carbonyl (C=O) groups excluding carboxylic acids is 1. The molecule has 0 aliphatic heterocycles. The van der Waals surface area contributed by atoms with Crippen molar-refractivity contribution in [2.75, 3.05) is 31.3 Å². The van der Waals surface area contributed by atoms with Crippen LogP contribution in [0, 0.1) is 5.92 Å². The maximum Gasteiger partial charge on any atom is 0.319 e. The molecule has 0 aliphatic rings. The van der Waals surface area contributed by atoms with Crippen LogP contribution in [0.5, 0.6) is 0 Å². The average Bonchev–Trinajstić information content (AvgIpc) is 2.42. The first-order valence-electron chi connectivity index (χ1n) is 7.22. The van der Waals surface area contributed by atoms with Crippen molar-refractivity contribution < 1.29 is 17.9 Å². The summed E-state index contributed by atoms with van der Waals surface area (Å²) in [5.74, 6) is 0.506. The standard InChI is InChI=1S/C15H24N2O4S/c1-12(2)11-21-10-4-9-16-15(18)17-13-5-7-14(8-6-13)22(3,19)20/h5-8,12H,4,9-11H2,1-3H3,(H2,16,17,18). The van der Waals surface area contributed by atoms with Crippen LogP contribution >= 0.6 is 0 Å². The van der Waals surface area contributed by atoms with Crippen molar-refractivity contribution >= 4 is 21.6 Å². The van der Waals surface area contributed by atoms with Crippen molar-refractivity contribution in [3.8, 4) is 0 Å².